The lowest BCUT2D eigenvalue weighted by molar-refractivity contribution is 0.487. The zero-order valence-corrected chi connectivity index (χ0v) is 11.8. The molecule has 0 fully saturated rings. The van der Waals surface area contributed by atoms with Gasteiger partial charge in [-0.2, -0.15) is 18.8 Å². The van der Waals surface area contributed by atoms with Gasteiger partial charge in [-0.3, -0.25) is 0 Å². The molecule has 0 radical (unpaired) electrons. The van der Waals surface area contributed by atoms with E-state index in [9.17, 15) is 8.42 Å². The number of benzene rings is 2. The number of hydrogen-bond acceptors (Lipinski definition) is 5. The van der Waals surface area contributed by atoms with Crippen molar-refractivity contribution in [3.8, 4) is 11.8 Å². The molecule has 0 atom stereocenters. The van der Waals surface area contributed by atoms with E-state index >= 15 is 0 Å². The van der Waals surface area contributed by atoms with Gasteiger partial charge in [-0.05, 0) is 29.8 Å². The third-order valence-electron chi connectivity index (χ3n) is 2.67. The second-order valence-corrected chi connectivity index (χ2v) is 5.38. The summed E-state index contributed by atoms with van der Waals surface area (Å²) in [7, 11) is -4.01. The molecule has 2 rings (SSSR count). The second kappa shape index (κ2) is 6.26. The van der Waals surface area contributed by atoms with E-state index in [0.717, 1.165) is 11.3 Å². The van der Waals surface area contributed by atoms with Gasteiger partial charge in [0.25, 0.3) is 0 Å². The maximum atomic E-state index is 10.8. The summed E-state index contributed by atoms with van der Waals surface area (Å²) >= 11 is 0. The normalized spacial score (nSPS) is 10.7. The fourth-order valence-corrected chi connectivity index (χ4v) is 2.11. The highest BCUT2D eigenvalue weighted by atomic mass is 32.2. The highest BCUT2D eigenvalue weighted by molar-refractivity contribution is 7.84. The third-order valence-corrected chi connectivity index (χ3v) is 3.09. The summed E-state index contributed by atoms with van der Waals surface area (Å²) in [4.78, 5) is 0. The Morgan fingerprint density at radius 1 is 1.14 bits per heavy atom. The van der Waals surface area contributed by atoms with Crippen molar-refractivity contribution in [2.45, 2.75) is 6.54 Å². The lowest BCUT2D eigenvalue weighted by atomic mass is 10.1. The Hall–Kier alpha value is -2.56. The van der Waals surface area contributed by atoms with Crippen molar-refractivity contribution in [3.05, 3.63) is 59.7 Å². The van der Waals surface area contributed by atoms with Crippen LogP contribution in [0.1, 0.15) is 11.1 Å². The van der Waals surface area contributed by atoms with Crippen LogP contribution in [0, 0.1) is 11.3 Å². The fourth-order valence-electron chi connectivity index (χ4n) is 1.73. The van der Waals surface area contributed by atoms with Crippen molar-refractivity contribution in [3.63, 3.8) is 0 Å². The summed E-state index contributed by atoms with van der Waals surface area (Å²) in [5.74, 6) is 0.152. The fraction of sp³-hybridized carbons (Fsp3) is 0.0714. The third kappa shape index (κ3) is 4.49. The van der Waals surface area contributed by atoms with Crippen LogP contribution in [0.15, 0.2) is 48.5 Å². The van der Waals surface area contributed by atoms with Gasteiger partial charge < -0.3 is 9.50 Å². The van der Waals surface area contributed by atoms with E-state index in [1.54, 1.807) is 24.3 Å². The lowest BCUT2D eigenvalue weighted by Gasteiger charge is -2.08. The van der Waals surface area contributed by atoms with Crippen LogP contribution in [-0.2, 0) is 16.8 Å². The average Bonchev–Trinajstić information content (AvgIpc) is 2.45. The van der Waals surface area contributed by atoms with Crippen molar-refractivity contribution in [1.82, 2.24) is 0 Å². The van der Waals surface area contributed by atoms with Crippen LogP contribution in [0.5, 0.6) is 5.75 Å². The number of nitriles is 1. The van der Waals surface area contributed by atoms with E-state index in [2.05, 4.69) is 15.6 Å². The van der Waals surface area contributed by atoms with E-state index in [0.29, 0.717) is 12.1 Å². The van der Waals surface area contributed by atoms with Crippen LogP contribution in [0.25, 0.3) is 0 Å². The Kier molecular flexibility index (Phi) is 4.42. The molecular formula is C14H13N3O3S. The van der Waals surface area contributed by atoms with Gasteiger partial charge in [0.15, 0.2) is 0 Å². The molecule has 0 spiro atoms. The number of rotatable bonds is 5. The molecule has 0 aliphatic rings. The van der Waals surface area contributed by atoms with Crippen LogP contribution in [-0.4, -0.2) is 8.42 Å². The first-order chi connectivity index (χ1) is 9.98. The molecule has 0 aliphatic carbocycles. The molecule has 2 aromatic rings. The number of anilines is 1. The maximum absolute atomic E-state index is 10.8. The minimum Gasteiger partial charge on any atom is -0.380 e. The van der Waals surface area contributed by atoms with Crippen LogP contribution in [0.3, 0.4) is 0 Å². The lowest BCUT2D eigenvalue weighted by Crippen LogP contribution is -2.18. The number of nitrogens with zero attached hydrogens (tertiary/aromatic N) is 1. The number of hydrogen-bond donors (Lipinski definition) is 2. The number of nitrogens with two attached hydrogens (primary N) is 1. The van der Waals surface area contributed by atoms with Crippen molar-refractivity contribution in [1.29, 1.82) is 5.26 Å². The Balaban J connectivity index is 2.03. The molecule has 21 heavy (non-hydrogen) atoms. The van der Waals surface area contributed by atoms with Gasteiger partial charge >= 0.3 is 10.3 Å². The maximum Gasteiger partial charge on any atom is 0.380 e. The van der Waals surface area contributed by atoms with Crippen molar-refractivity contribution >= 4 is 16.0 Å². The zero-order chi connectivity index (χ0) is 15.3. The van der Waals surface area contributed by atoms with Crippen LogP contribution in [0.4, 0.5) is 5.69 Å². The van der Waals surface area contributed by atoms with Gasteiger partial charge in [0, 0.05) is 6.54 Å². The molecule has 0 aromatic heterocycles. The van der Waals surface area contributed by atoms with E-state index in [1.807, 2.05) is 12.1 Å². The van der Waals surface area contributed by atoms with Gasteiger partial charge in [0.05, 0.1) is 11.3 Å². The summed E-state index contributed by atoms with van der Waals surface area (Å²) in [6.45, 7) is 0.494. The van der Waals surface area contributed by atoms with Gasteiger partial charge in [0.2, 0.25) is 0 Å². The molecule has 0 bridgehead atoms. The van der Waals surface area contributed by atoms with Gasteiger partial charge in [0.1, 0.15) is 11.8 Å². The smallest absolute Gasteiger partial charge is 0.380 e. The average molecular weight is 303 g/mol. The largest absolute Gasteiger partial charge is 0.380 e. The van der Waals surface area contributed by atoms with Crippen molar-refractivity contribution < 1.29 is 12.6 Å². The summed E-state index contributed by atoms with van der Waals surface area (Å²) < 4.78 is 26.1. The first-order valence-electron chi connectivity index (χ1n) is 6.02. The van der Waals surface area contributed by atoms with Crippen LogP contribution >= 0.6 is 0 Å². The Bertz CT molecular complexity index is 765. The standard InChI is InChI=1S/C14H13N3O3S/c15-9-12-3-1-2-4-14(12)17-10-11-5-7-13(8-6-11)20-21(16,18)19/h1-8,17H,10H2,(H2,16,18,19). The Morgan fingerprint density at radius 3 is 2.43 bits per heavy atom. The molecule has 0 saturated heterocycles. The van der Waals surface area contributed by atoms with E-state index in [1.165, 1.54) is 12.1 Å². The highest BCUT2D eigenvalue weighted by Gasteiger charge is 2.05. The van der Waals surface area contributed by atoms with Gasteiger partial charge in [-0.25, -0.2) is 0 Å². The van der Waals surface area contributed by atoms with Gasteiger partial charge in [-0.1, -0.05) is 24.3 Å². The second-order valence-electron chi connectivity index (χ2n) is 4.23. The SMILES string of the molecule is N#Cc1ccccc1NCc1ccc(OS(N)(=O)=O)cc1. The first-order valence-corrected chi connectivity index (χ1v) is 7.49. The van der Waals surface area contributed by atoms with Crippen molar-refractivity contribution in [2.24, 2.45) is 5.14 Å². The minimum atomic E-state index is -4.01. The Labute approximate surface area is 123 Å². The van der Waals surface area contributed by atoms with E-state index < -0.39 is 10.3 Å². The molecule has 0 aliphatic heterocycles. The summed E-state index contributed by atoms with van der Waals surface area (Å²) in [5.41, 5.74) is 2.21. The monoisotopic (exact) mass is 303 g/mol. The Morgan fingerprint density at radius 2 is 1.81 bits per heavy atom. The summed E-state index contributed by atoms with van der Waals surface area (Å²) in [5, 5.41) is 16.9. The minimum absolute atomic E-state index is 0.152. The predicted octanol–water partition coefficient (Wildman–Crippen LogP) is 1.75. The molecule has 108 valence electrons. The molecular weight excluding hydrogens is 290 g/mol. The molecule has 0 saturated carbocycles. The molecule has 0 unspecified atom stereocenters. The highest BCUT2D eigenvalue weighted by Crippen LogP contribution is 2.17. The summed E-state index contributed by atoms with van der Waals surface area (Å²) in [6.07, 6.45) is 0. The predicted molar refractivity (Wildman–Crippen MR) is 78.7 cm³/mol. The quantitative estimate of drug-likeness (QED) is 0.875. The van der Waals surface area contributed by atoms with Crippen LogP contribution < -0.4 is 14.6 Å². The molecule has 0 heterocycles. The molecule has 7 heteroatoms. The van der Waals surface area contributed by atoms with Crippen LogP contribution in [0.2, 0.25) is 0 Å². The molecule has 6 nitrogen and oxygen atoms in total. The topological polar surface area (TPSA) is 105 Å². The van der Waals surface area contributed by atoms with E-state index in [4.69, 9.17) is 10.4 Å². The number of para-hydroxylation sites is 1. The van der Waals surface area contributed by atoms with Gasteiger partial charge in [-0.15, -0.1) is 0 Å². The van der Waals surface area contributed by atoms with E-state index in [-0.39, 0.29) is 5.75 Å². The molecule has 0 amide bonds. The van der Waals surface area contributed by atoms with Crippen molar-refractivity contribution in [2.75, 3.05) is 5.32 Å². The molecule has 2 aromatic carbocycles. The first kappa shape index (κ1) is 14.8. The summed E-state index contributed by atoms with van der Waals surface area (Å²) in [6, 6.07) is 15.7. The zero-order valence-electron chi connectivity index (χ0n) is 11.0. The molecule has 3 N–H and O–H groups in total. The number of nitrogens with one attached hydrogen (secondary N) is 1.